The Labute approximate surface area is 238 Å². The minimum Gasteiger partial charge on any atom is -0.462 e. The molecule has 0 saturated heterocycles. The van der Waals surface area contributed by atoms with Crippen LogP contribution in [0, 0.1) is 0 Å². The van der Waals surface area contributed by atoms with E-state index in [2.05, 4.69) is 34.6 Å². The van der Waals surface area contributed by atoms with E-state index < -0.39 is 0 Å². The van der Waals surface area contributed by atoms with Crippen molar-refractivity contribution in [1.29, 1.82) is 0 Å². The van der Waals surface area contributed by atoms with E-state index in [1.54, 1.807) is 6.92 Å². The van der Waals surface area contributed by atoms with Crippen LogP contribution in [-0.2, 0) is 33.8 Å². The molecule has 9 heteroatoms. The second kappa shape index (κ2) is 14.3. The van der Waals surface area contributed by atoms with E-state index in [0.717, 1.165) is 59.9 Å². The molecule has 0 aliphatic carbocycles. The number of thiophene rings is 1. The molecule has 39 heavy (non-hydrogen) atoms. The number of nitrogens with one attached hydrogen (secondary N) is 2. The summed E-state index contributed by atoms with van der Waals surface area (Å²) in [4.78, 5) is 42.3. The minimum absolute atomic E-state index is 0.00719. The predicted molar refractivity (Wildman–Crippen MR) is 158 cm³/mol. The summed E-state index contributed by atoms with van der Waals surface area (Å²) in [6, 6.07) is 17.8. The standard InChI is InChI=1S/C30H35N3O4S2/c1-3-5-14-26(34)31-22-12-9-13-23(17-22)38-20-27(35)32-29-28(30(36)37-4-2)24-15-16-33(19-25(24)39-29)18-21-10-7-6-8-11-21/h6-13,17H,3-5,14-16,18-20H2,1-2H3,(H,31,34)(H,32,35). The van der Waals surface area contributed by atoms with Crippen LogP contribution in [0.25, 0.3) is 0 Å². The van der Waals surface area contributed by atoms with Crippen molar-refractivity contribution in [2.24, 2.45) is 0 Å². The van der Waals surface area contributed by atoms with E-state index in [1.165, 1.54) is 28.7 Å². The molecule has 0 spiro atoms. The number of benzene rings is 2. The Hall–Kier alpha value is -3.14. The van der Waals surface area contributed by atoms with Crippen molar-refractivity contribution in [3.05, 3.63) is 76.2 Å². The van der Waals surface area contributed by atoms with Crippen molar-refractivity contribution in [2.75, 3.05) is 29.5 Å². The lowest BCUT2D eigenvalue weighted by atomic mass is 10.0. The fraction of sp³-hybridized carbons (Fsp3) is 0.367. The monoisotopic (exact) mass is 565 g/mol. The molecule has 0 atom stereocenters. The van der Waals surface area contributed by atoms with Gasteiger partial charge in [0.1, 0.15) is 5.00 Å². The highest BCUT2D eigenvalue weighted by Gasteiger charge is 2.29. The SMILES string of the molecule is CCCCC(=O)Nc1cccc(SCC(=O)Nc2sc3c(c2C(=O)OCC)CCN(Cc2ccccc2)C3)c1. The molecule has 0 unspecified atom stereocenters. The third-order valence-electron chi connectivity index (χ3n) is 6.36. The largest absolute Gasteiger partial charge is 0.462 e. The summed E-state index contributed by atoms with van der Waals surface area (Å²) in [5, 5.41) is 6.46. The number of nitrogens with zero attached hydrogens (tertiary/aromatic N) is 1. The maximum Gasteiger partial charge on any atom is 0.341 e. The van der Waals surface area contributed by atoms with Gasteiger partial charge < -0.3 is 15.4 Å². The first kappa shape index (κ1) is 28.9. The number of unbranched alkanes of at least 4 members (excludes halogenated alkanes) is 1. The van der Waals surface area contributed by atoms with Crippen molar-refractivity contribution >= 4 is 51.6 Å². The molecule has 0 bridgehead atoms. The zero-order chi connectivity index (χ0) is 27.6. The Bertz CT molecular complexity index is 1290. The highest BCUT2D eigenvalue weighted by molar-refractivity contribution is 8.00. The topological polar surface area (TPSA) is 87.7 Å². The van der Waals surface area contributed by atoms with Gasteiger partial charge in [0, 0.05) is 41.5 Å². The average molecular weight is 566 g/mol. The summed E-state index contributed by atoms with van der Waals surface area (Å²) in [5.74, 6) is -0.408. The quantitative estimate of drug-likeness (QED) is 0.197. The maximum absolute atomic E-state index is 13.0. The van der Waals surface area contributed by atoms with Crippen LogP contribution < -0.4 is 10.6 Å². The fourth-order valence-corrected chi connectivity index (χ4v) is 6.53. The van der Waals surface area contributed by atoms with E-state index in [0.29, 0.717) is 17.0 Å². The third-order valence-corrected chi connectivity index (χ3v) is 8.49. The second-order valence-corrected chi connectivity index (χ2v) is 11.5. The highest BCUT2D eigenvalue weighted by atomic mass is 32.2. The molecular weight excluding hydrogens is 530 g/mol. The van der Waals surface area contributed by atoms with Crippen LogP contribution in [0.15, 0.2) is 59.5 Å². The summed E-state index contributed by atoms with van der Waals surface area (Å²) in [6.07, 6.45) is 3.04. The number of thioether (sulfide) groups is 1. The highest BCUT2D eigenvalue weighted by Crippen LogP contribution is 2.38. The van der Waals surface area contributed by atoms with Crippen LogP contribution >= 0.6 is 23.1 Å². The van der Waals surface area contributed by atoms with Gasteiger partial charge in [-0.1, -0.05) is 49.7 Å². The Morgan fingerprint density at radius 1 is 1.03 bits per heavy atom. The van der Waals surface area contributed by atoms with Gasteiger partial charge in [0.05, 0.1) is 17.9 Å². The lowest BCUT2D eigenvalue weighted by Crippen LogP contribution is -2.30. The van der Waals surface area contributed by atoms with Crippen molar-refractivity contribution < 1.29 is 19.1 Å². The lowest BCUT2D eigenvalue weighted by molar-refractivity contribution is -0.116. The fourth-order valence-electron chi connectivity index (χ4n) is 4.48. The van der Waals surface area contributed by atoms with Crippen LogP contribution in [0.2, 0.25) is 0 Å². The van der Waals surface area contributed by atoms with Gasteiger partial charge in [0.15, 0.2) is 0 Å². The number of carbonyl (C=O) groups excluding carboxylic acids is 3. The first-order valence-electron chi connectivity index (χ1n) is 13.4. The first-order chi connectivity index (χ1) is 19.0. The van der Waals surface area contributed by atoms with Crippen molar-refractivity contribution in [1.82, 2.24) is 4.90 Å². The van der Waals surface area contributed by atoms with Gasteiger partial charge in [-0.25, -0.2) is 4.79 Å². The van der Waals surface area contributed by atoms with Gasteiger partial charge in [-0.3, -0.25) is 14.5 Å². The Morgan fingerprint density at radius 3 is 2.62 bits per heavy atom. The number of esters is 1. The summed E-state index contributed by atoms with van der Waals surface area (Å²) in [7, 11) is 0. The molecule has 4 rings (SSSR count). The molecule has 1 aliphatic rings. The molecule has 206 valence electrons. The molecule has 0 fully saturated rings. The van der Waals surface area contributed by atoms with E-state index in [1.807, 2.05) is 42.5 Å². The van der Waals surface area contributed by atoms with Crippen molar-refractivity contribution in [2.45, 2.75) is 57.5 Å². The molecule has 3 aromatic rings. The number of anilines is 2. The normalized spacial score (nSPS) is 13.0. The minimum atomic E-state index is -0.388. The lowest BCUT2D eigenvalue weighted by Gasteiger charge is -2.27. The molecule has 1 aromatic heterocycles. The molecule has 0 radical (unpaired) electrons. The maximum atomic E-state index is 13.0. The third kappa shape index (κ3) is 8.17. The molecule has 2 N–H and O–H groups in total. The van der Waals surface area contributed by atoms with Gasteiger partial charge in [-0.2, -0.15) is 0 Å². The van der Waals surface area contributed by atoms with E-state index in [9.17, 15) is 14.4 Å². The van der Waals surface area contributed by atoms with Gasteiger partial charge in [0.2, 0.25) is 11.8 Å². The van der Waals surface area contributed by atoms with Crippen molar-refractivity contribution in [3.63, 3.8) is 0 Å². The van der Waals surface area contributed by atoms with Crippen LogP contribution in [0.3, 0.4) is 0 Å². The Balaban J connectivity index is 1.41. The zero-order valence-electron chi connectivity index (χ0n) is 22.5. The molecule has 2 aromatic carbocycles. The summed E-state index contributed by atoms with van der Waals surface area (Å²) in [5.41, 5.74) is 3.44. The van der Waals surface area contributed by atoms with Crippen LogP contribution in [-0.4, -0.2) is 41.6 Å². The number of fused-ring (bicyclic) bond motifs is 1. The summed E-state index contributed by atoms with van der Waals surface area (Å²) >= 11 is 2.85. The molecule has 0 saturated carbocycles. The second-order valence-electron chi connectivity index (χ2n) is 9.39. The molecule has 2 heterocycles. The van der Waals surface area contributed by atoms with E-state index in [4.69, 9.17) is 4.74 Å². The molecular formula is C30H35N3O4S2. The van der Waals surface area contributed by atoms with Crippen LogP contribution in [0.4, 0.5) is 10.7 Å². The van der Waals surface area contributed by atoms with E-state index >= 15 is 0 Å². The van der Waals surface area contributed by atoms with Gasteiger partial charge in [0.25, 0.3) is 0 Å². The average Bonchev–Trinajstić information content (AvgIpc) is 3.28. The molecule has 7 nitrogen and oxygen atoms in total. The number of ether oxygens (including phenoxy) is 1. The number of amides is 2. The Morgan fingerprint density at radius 2 is 1.85 bits per heavy atom. The number of hydrogen-bond donors (Lipinski definition) is 2. The smallest absolute Gasteiger partial charge is 0.341 e. The number of hydrogen-bond acceptors (Lipinski definition) is 7. The number of rotatable bonds is 12. The van der Waals surface area contributed by atoms with E-state index in [-0.39, 0.29) is 30.1 Å². The van der Waals surface area contributed by atoms with Gasteiger partial charge in [-0.15, -0.1) is 23.1 Å². The summed E-state index contributed by atoms with van der Waals surface area (Å²) < 4.78 is 5.36. The van der Waals surface area contributed by atoms with Crippen LogP contribution in [0.5, 0.6) is 0 Å². The molecule has 2 amide bonds. The van der Waals surface area contributed by atoms with Crippen LogP contribution in [0.1, 0.15) is 59.5 Å². The van der Waals surface area contributed by atoms with Gasteiger partial charge in [-0.05, 0) is 49.1 Å². The predicted octanol–water partition coefficient (Wildman–Crippen LogP) is 6.34. The first-order valence-corrected chi connectivity index (χ1v) is 15.2. The zero-order valence-corrected chi connectivity index (χ0v) is 24.1. The van der Waals surface area contributed by atoms with Crippen molar-refractivity contribution in [3.8, 4) is 0 Å². The summed E-state index contributed by atoms with van der Waals surface area (Å²) in [6.45, 7) is 6.51. The Kier molecular flexibility index (Phi) is 10.6. The van der Waals surface area contributed by atoms with Gasteiger partial charge >= 0.3 is 5.97 Å². The molecule has 1 aliphatic heterocycles. The number of carbonyl (C=O) groups is 3.